The maximum absolute atomic E-state index is 13.2. The zero-order valence-corrected chi connectivity index (χ0v) is 28.5. The molecule has 0 saturated carbocycles. The lowest BCUT2D eigenvalue weighted by Gasteiger charge is -2.25. The van der Waals surface area contributed by atoms with Crippen molar-refractivity contribution in [1.82, 2.24) is 19.8 Å². The molecule has 0 aliphatic rings. The monoisotopic (exact) mass is 627 g/mol. The van der Waals surface area contributed by atoms with Gasteiger partial charge in [-0.15, -0.1) is 13.2 Å². The average Bonchev–Trinajstić information content (AvgIpc) is 3.33. The molecule has 12 heteroatoms. The number of hydrogen-bond donors (Lipinski definition) is 2. The molecular formula is C32H49N5O6Si. The van der Waals surface area contributed by atoms with Crippen LogP contribution in [-0.2, 0) is 32.2 Å². The first-order valence-electron chi connectivity index (χ1n) is 14.6. The van der Waals surface area contributed by atoms with Crippen LogP contribution in [0, 0.1) is 0 Å². The van der Waals surface area contributed by atoms with Gasteiger partial charge in [-0.25, -0.2) is 14.6 Å². The molecule has 242 valence electrons. The number of nitrogens with one attached hydrogen (secondary N) is 2. The summed E-state index contributed by atoms with van der Waals surface area (Å²) < 4.78 is 18.2. The van der Waals surface area contributed by atoms with Crippen LogP contribution in [0.5, 0.6) is 0 Å². The number of nitrogens with zero attached hydrogens (tertiary/aromatic N) is 3. The zero-order chi connectivity index (χ0) is 33.1. The van der Waals surface area contributed by atoms with Gasteiger partial charge in [0.15, 0.2) is 0 Å². The fourth-order valence-corrected chi connectivity index (χ4v) is 4.94. The fraction of sp³-hybridized carbons (Fsp3) is 0.500. The van der Waals surface area contributed by atoms with Crippen molar-refractivity contribution in [2.24, 2.45) is 0 Å². The Morgan fingerprint density at radius 3 is 2.43 bits per heavy atom. The van der Waals surface area contributed by atoms with Crippen LogP contribution in [0.25, 0.3) is 11.3 Å². The van der Waals surface area contributed by atoms with Crippen LogP contribution in [0.3, 0.4) is 0 Å². The van der Waals surface area contributed by atoms with Crippen LogP contribution in [-0.4, -0.2) is 73.5 Å². The number of methoxy groups -OCH3 is 1. The molecule has 2 rings (SSSR count). The summed E-state index contributed by atoms with van der Waals surface area (Å²) in [7, 11) is 1.65. The molecule has 1 aromatic heterocycles. The summed E-state index contributed by atoms with van der Waals surface area (Å²) in [5.74, 6) is 0.243. The van der Waals surface area contributed by atoms with Gasteiger partial charge in [-0.2, -0.15) is 0 Å². The molecule has 1 aromatic carbocycles. The van der Waals surface area contributed by atoms with E-state index >= 15 is 0 Å². The van der Waals surface area contributed by atoms with Gasteiger partial charge in [0.2, 0.25) is 5.91 Å². The minimum absolute atomic E-state index is 0.0591. The summed E-state index contributed by atoms with van der Waals surface area (Å²) in [4.78, 5) is 44.5. The van der Waals surface area contributed by atoms with Crippen molar-refractivity contribution < 1.29 is 28.6 Å². The van der Waals surface area contributed by atoms with Crippen molar-refractivity contribution in [3.8, 4) is 11.3 Å². The Labute approximate surface area is 262 Å². The zero-order valence-electron chi connectivity index (χ0n) is 27.5. The van der Waals surface area contributed by atoms with E-state index in [1.807, 2.05) is 22.9 Å². The number of imidazole rings is 1. The second-order valence-corrected chi connectivity index (χ2v) is 18.4. The van der Waals surface area contributed by atoms with Gasteiger partial charge in [0.05, 0.1) is 25.3 Å². The van der Waals surface area contributed by atoms with Gasteiger partial charge in [-0.3, -0.25) is 10.1 Å². The van der Waals surface area contributed by atoms with E-state index in [-0.39, 0.29) is 19.1 Å². The molecular weight excluding hydrogens is 578 g/mol. The molecule has 0 aliphatic carbocycles. The molecule has 0 fully saturated rings. The van der Waals surface area contributed by atoms with Gasteiger partial charge >= 0.3 is 12.2 Å². The Kier molecular flexibility index (Phi) is 13.4. The summed E-state index contributed by atoms with van der Waals surface area (Å²) >= 11 is 0. The predicted octanol–water partition coefficient (Wildman–Crippen LogP) is 6.37. The summed E-state index contributed by atoms with van der Waals surface area (Å²) in [5, 5.41) is 5.56. The van der Waals surface area contributed by atoms with Gasteiger partial charge in [-0.05, 0) is 50.9 Å². The topological polar surface area (TPSA) is 124 Å². The smallest absolute Gasteiger partial charge is 0.411 e. The van der Waals surface area contributed by atoms with E-state index in [9.17, 15) is 14.4 Å². The van der Waals surface area contributed by atoms with Crippen molar-refractivity contribution in [3.63, 3.8) is 0 Å². The minimum Gasteiger partial charge on any atom is -0.453 e. The number of benzene rings is 1. The Balaban J connectivity index is 2.61. The van der Waals surface area contributed by atoms with Crippen LogP contribution in [0.1, 0.15) is 44.6 Å². The van der Waals surface area contributed by atoms with Crippen molar-refractivity contribution in [2.45, 2.75) is 77.7 Å². The third kappa shape index (κ3) is 12.0. The Bertz CT molecular complexity index is 1310. The maximum Gasteiger partial charge on any atom is 0.411 e. The molecule has 0 spiro atoms. The molecule has 2 N–H and O–H groups in total. The third-order valence-electron chi connectivity index (χ3n) is 6.42. The van der Waals surface area contributed by atoms with Crippen LogP contribution in [0.15, 0.2) is 49.7 Å². The first kappa shape index (κ1) is 36.3. The molecule has 0 radical (unpaired) electrons. The van der Waals surface area contributed by atoms with Crippen molar-refractivity contribution in [1.29, 1.82) is 0 Å². The SMILES string of the molecule is C=CCc1cc(NC(=O)OC)ccc1-c1cn(COCC[Si](C)(C)C)c([C@H](CC(=O)N(C)CC=C)NC(=O)OC(C)(C)C)n1. The summed E-state index contributed by atoms with van der Waals surface area (Å²) in [5.41, 5.74) is 2.10. The normalized spacial score (nSPS) is 12.2. The lowest BCUT2D eigenvalue weighted by molar-refractivity contribution is -0.130. The molecule has 0 aliphatic heterocycles. The molecule has 0 unspecified atom stereocenters. The standard InChI is InChI=1S/C32H49N5O6Si/c1-11-13-23-19-24(33-30(39)41-7)14-15-25(23)27-21-37(22-42-17-18-44(8,9)10)29(34-27)26(20-28(38)36(6)16-12-2)35-31(40)43-32(3,4)5/h11-12,14-15,19,21,26H,1-2,13,16-18,20,22H2,3-10H3,(H,33,39)(H,35,40)/t26-/m0/s1. The molecule has 0 saturated heterocycles. The van der Waals surface area contributed by atoms with Gasteiger partial charge in [0.1, 0.15) is 18.2 Å². The van der Waals surface area contributed by atoms with E-state index < -0.39 is 31.9 Å². The second kappa shape index (κ2) is 16.2. The molecule has 3 amide bonds. The summed E-state index contributed by atoms with van der Waals surface area (Å²) in [6, 6.07) is 5.60. The highest BCUT2D eigenvalue weighted by Gasteiger charge is 2.28. The molecule has 11 nitrogen and oxygen atoms in total. The van der Waals surface area contributed by atoms with E-state index in [2.05, 4.69) is 43.4 Å². The van der Waals surface area contributed by atoms with Crippen molar-refractivity contribution >= 4 is 31.9 Å². The molecule has 0 bridgehead atoms. The van der Waals surface area contributed by atoms with E-state index in [4.69, 9.17) is 19.2 Å². The van der Waals surface area contributed by atoms with E-state index in [1.54, 1.807) is 46.0 Å². The van der Waals surface area contributed by atoms with E-state index in [1.165, 1.54) is 12.0 Å². The number of alkyl carbamates (subject to hydrolysis) is 1. The number of hydrogen-bond acceptors (Lipinski definition) is 7. The number of aromatic nitrogens is 2. The predicted molar refractivity (Wildman–Crippen MR) is 176 cm³/mol. The lowest BCUT2D eigenvalue weighted by Crippen LogP contribution is -2.39. The quantitative estimate of drug-likeness (QED) is 0.134. The number of ether oxygens (including phenoxy) is 3. The van der Waals surface area contributed by atoms with Crippen LogP contribution < -0.4 is 10.6 Å². The minimum atomic E-state index is -1.33. The van der Waals surface area contributed by atoms with Crippen LogP contribution in [0.4, 0.5) is 15.3 Å². The molecule has 2 aromatic rings. The highest BCUT2D eigenvalue weighted by atomic mass is 28.3. The fourth-order valence-electron chi connectivity index (χ4n) is 4.18. The summed E-state index contributed by atoms with van der Waals surface area (Å²) in [6.45, 7) is 20.9. The summed E-state index contributed by atoms with van der Waals surface area (Å²) in [6.07, 6.45) is 4.45. The van der Waals surface area contributed by atoms with Gasteiger partial charge < -0.3 is 29.0 Å². The van der Waals surface area contributed by atoms with Crippen LogP contribution >= 0.6 is 0 Å². The highest BCUT2D eigenvalue weighted by molar-refractivity contribution is 6.76. The van der Waals surface area contributed by atoms with E-state index in [0.717, 1.165) is 17.2 Å². The largest absolute Gasteiger partial charge is 0.453 e. The molecule has 44 heavy (non-hydrogen) atoms. The van der Waals surface area contributed by atoms with Crippen molar-refractivity contribution in [2.75, 3.05) is 32.6 Å². The number of carbonyl (C=O) groups is 3. The Hall–Kier alpha value is -3.90. The molecule has 1 heterocycles. The van der Waals surface area contributed by atoms with E-state index in [0.29, 0.717) is 36.8 Å². The number of rotatable bonds is 15. The maximum atomic E-state index is 13.2. The first-order valence-corrected chi connectivity index (χ1v) is 18.4. The number of anilines is 1. The Morgan fingerprint density at radius 1 is 1.14 bits per heavy atom. The van der Waals surface area contributed by atoms with Gasteiger partial charge in [0.25, 0.3) is 0 Å². The average molecular weight is 628 g/mol. The van der Waals surface area contributed by atoms with Gasteiger partial charge in [0, 0.05) is 45.7 Å². The second-order valence-electron chi connectivity index (χ2n) is 12.7. The third-order valence-corrected chi connectivity index (χ3v) is 8.13. The highest BCUT2D eigenvalue weighted by Crippen LogP contribution is 2.30. The van der Waals surface area contributed by atoms with Crippen molar-refractivity contribution in [3.05, 3.63) is 61.1 Å². The van der Waals surface area contributed by atoms with Gasteiger partial charge in [-0.1, -0.05) is 37.9 Å². The number of allylic oxidation sites excluding steroid dienone is 1. The molecule has 1 atom stereocenters. The Morgan fingerprint density at radius 2 is 1.84 bits per heavy atom. The number of amides is 3. The number of likely N-dealkylation sites (N-methyl/N-ethyl adjacent to an activating group) is 1. The lowest BCUT2D eigenvalue weighted by atomic mass is 10.0. The van der Waals surface area contributed by atoms with Crippen LogP contribution in [0.2, 0.25) is 25.7 Å². The first-order chi connectivity index (χ1) is 20.6. The number of carbonyl (C=O) groups excluding carboxylic acids is 3.